The molecular weight excluding hydrogens is 386 g/mol. The lowest BCUT2D eigenvalue weighted by atomic mass is 9.87. The zero-order valence-electron chi connectivity index (χ0n) is 17.7. The number of carbonyl (C=O) groups excluding carboxylic acids is 1. The Morgan fingerprint density at radius 1 is 1.07 bits per heavy atom. The van der Waals surface area contributed by atoms with Crippen molar-refractivity contribution >= 4 is 23.3 Å². The molecule has 1 saturated heterocycles. The van der Waals surface area contributed by atoms with E-state index >= 15 is 0 Å². The topological polar surface area (TPSA) is 44.8 Å². The summed E-state index contributed by atoms with van der Waals surface area (Å²) in [5.74, 6) is 0.597. The average Bonchev–Trinajstić information content (AvgIpc) is 2.68. The number of anilines is 1. The van der Waals surface area contributed by atoms with E-state index in [1.165, 1.54) is 11.1 Å². The van der Waals surface area contributed by atoms with Gasteiger partial charge in [-0.15, -0.1) is 0 Å². The number of benzene rings is 2. The molecule has 2 aromatic rings. The summed E-state index contributed by atoms with van der Waals surface area (Å²) in [6.45, 7) is 10.7. The Hall–Kier alpha value is -2.24. The van der Waals surface area contributed by atoms with Gasteiger partial charge in [0, 0.05) is 37.7 Å². The average molecular weight is 416 g/mol. The van der Waals surface area contributed by atoms with Crippen LogP contribution in [-0.4, -0.2) is 49.1 Å². The van der Waals surface area contributed by atoms with E-state index in [9.17, 15) is 4.79 Å². The van der Waals surface area contributed by atoms with Crippen LogP contribution in [0.1, 0.15) is 31.9 Å². The van der Waals surface area contributed by atoms with Gasteiger partial charge in [-0.1, -0.05) is 56.6 Å². The van der Waals surface area contributed by atoms with Gasteiger partial charge >= 0.3 is 6.03 Å². The second kappa shape index (κ2) is 9.06. The van der Waals surface area contributed by atoms with Crippen molar-refractivity contribution in [3.05, 3.63) is 58.6 Å². The normalized spacial score (nSPS) is 15.3. The standard InChI is InChI=1S/C23H30ClN3O2/c1-23(2,3)18-7-5-17(6-8-18)16-26-11-13-27(14-12-26)22(28)25-20-15-19(24)9-10-21(20)29-4/h5-10,15H,11-14,16H2,1-4H3,(H,25,28). The number of rotatable bonds is 4. The largest absolute Gasteiger partial charge is 0.495 e. The third-order valence-corrected chi connectivity index (χ3v) is 5.52. The van der Waals surface area contributed by atoms with Crippen molar-refractivity contribution in [1.82, 2.24) is 9.80 Å². The van der Waals surface area contributed by atoms with Crippen molar-refractivity contribution < 1.29 is 9.53 Å². The second-order valence-electron chi connectivity index (χ2n) is 8.48. The number of nitrogens with zero attached hydrogens (tertiary/aromatic N) is 2. The van der Waals surface area contributed by atoms with Crippen LogP contribution in [0.5, 0.6) is 5.75 Å². The fourth-order valence-electron chi connectivity index (χ4n) is 3.45. The molecular formula is C23H30ClN3O2. The Morgan fingerprint density at radius 2 is 1.72 bits per heavy atom. The predicted molar refractivity (Wildman–Crippen MR) is 119 cm³/mol. The Kier molecular flexibility index (Phi) is 6.70. The molecule has 1 aliphatic heterocycles. The molecule has 1 fully saturated rings. The number of piperazine rings is 1. The zero-order valence-corrected chi connectivity index (χ0v) is 18.4. The molecule has 0 atom stereocenters. The van der Waals surface area contributed by atoms with Gasteiger partial charge in [-0.05, 0) is 34.7 Å². The lowest BCUT2D eigenvalue weighted by Gasteiger charge is -2.34. The number of methoxy groups -OCH3 is 1. The molecule has 0 spiro atoms. The molecule has 0 unspecified atom stereocenters. The van der Waals surface area contributed by atoms with Crippen LogP contribution in [0.4, 0.5) is 10.5 Å². The van der Waals surface area contributed by atoms with Crippen molar-refractivity contribution in [1.29, 1.82) is 0 Å². The van der Waals surface area contributed by atoms with E-state index in [0.29, 0.717) is 29.5 Å². The van der Waals surface area contributed by atoms with Crippen molar-refractivity contribution in [2.75, 3.05) is 38.6 Å². The molecule has 5 nitrogen and oxygen atoms in total. The number of nitrogens with one attached hydrogen (secondary N) is 1. The first-order valence-electron chi connectivity index (χ1n) is 9.97. The van der Waals surface area contributed by atoms with Gasteiger partial charge in [0.25, 0.3) is 0 Å². The summed E-state index contributed by atoms with van der Waals surface area (Å²) in [5.41, 5.74) is 3.41. The first kappa shape index (κ1) is 21.5. The van der Waals surface area contributed by atoms with E-state index in [4.69, 9.17) is 16.3 Å². The summed E-state index contributed by atoms with van der Waals surface area (Å²) >= 11 is 6.05. The highest BCUT2D eigenvalue weighted by Gasteiger charge is 2.22. The quantitative estimate of drug-likeness (QED) is 0.764. The number of hydrogen-bond acceptors (Lipinski definition) is 3. The van der Waals surface area contributed by atoms with Gasteiger partial charge in [0.2, 0.25) is 0 Å². The molecule has 1 aliphatic rings. The maximum Gasteiger partial charge on any atom is 0.322 e. The maximum absolute atomic E-state index is 12.6. The molecule has 3 rings (SSSR count). The lowest BCUT2D eigenvalue weighted by Crippen LogP contribution is -2.49. The molecule has 0 radical (unpaired) electrons. The van der Waals surface area contributed by atoms with Crippen LogP contribution < -0.4 is 10.1 Å². The number of amides is 2. The Labute approximate surface area is 178 Å². The Balaban J connectivity index is 1.52. The van der Waals surface area contributed by atoms with E-state index < -0.39 is 0 Å². The number of carbonyl (C=O) groups is 1. The predicted octanol–water partition coefficient (Wildman–Crippen LogP) is 5.00. The molecule has 0 aromatic heterocycles. The van der Waals surface area contributed by atoms with E-state index in [-0.39, 0.29) is 11.4 Å². The second-order valence-corrected chi connectivity index (χ2v) is 8.92. The van der Waals surface area contributed by atoms with Crippen molar-refractivity contribution in [3.63, 3.8) is 0 Å². The van der Waals surface area contributed by atoms with Gasteiger partial charge in [-0.25, -0.2) is 4.79 Å². The van der Waals surface area contributed by atoms with Crippen LogP contribution in [-0.2, 0) is 12.0 Å². The molecule has 0 saturated carbocycles. The van der Waals surface area contributed by atoms with E-state index in [2.05, 4.69) is 55.3 Å². The summed E-state index contributed by atoms with van der Waals surface area (Å²) in [6, 6.07) is 13.9. The summed E-state index contributed by atoms with van der Waals surface area (Å²) in [6.07, 6.45) is 0. The summed E-state index contributed by atoms with van der Waals surface area (Å²) in [5, 5.41) is 3.47. The fraction of sp³-hybridized carbons (Fsp3) is 0.435. The highest BCUT2D eigenvalue weighted by Crippen LogP contribution is 2.28. The van der Waals surface area contributed by atoms with Gasteiger partial charge in [0.05, 0.1) is 12.8 Å². The monoisotopic (exact) mass is 415 g/mol. The van der Waals surface area contributed by atoms with E-state index in [0.717, 1.165) is 19.6 Å². The van der Waals surface area contributed by atoms with Crippen LogP contribution in [0.2, 0.25) is 5.02 Å². The van der Waals surface area contributed by atoms with Gasteiger partial charge < -0.3 is 15.0 Å². The van der Waals surface area contributed by atoms with Gasteiger partial charge in [-0.3, -0.25) is 4.90 Å². The molecule has 0 bridgehead atoms. The van der Waals surface area contributed by atoms with Crippen LogP contribution in [0.15, 0.2) is 42.5 Å². The molecule has 2 aromatic carbocycles. The van der Waals surface area contributed by atoms with Gasteiger partial charge in [-0.2, -0.15) is 0 Å². The molecule has 29 heavy (non-hydrogen) atoms. The first-order valence-corrected chi connectivity index (χ1v) is 10.4. The lowest BCUT2D eigenvalue weighted by molar-refractivity contribution is 0.143. The Bertz CT molecular complexity index is 838. The van der Waals surface area contributed by atoms with Crippen LogP contribution >= 0.6 is 11.6 Å². The smallest absolute Gasteiger partial charge is 0.322 e. The number of halogens is 1. The minimum atomic E-state index is -0.125. The molecule has 1 N–H and O–H groups in total. The SMILES string of the molecule is COc1ccc(Cl)cc1NC(=O)N1CCN(Cc2ccc(C(C)(C)C)cc2)CC1. The minimum absolute atomic E-state index is 0.125. The first-order chi connectivity index (χ1) is 13.8. The van der Waals surface area contributed by atoms with Crippen molar-refractivity contribution in [3.8, 4) is 5.75 Å². The zero-order chi connectivity index (χ0) is 21.0. The van der Waals surface area contributed by atoms with Crippen LogP contribution in [0.3, 0.4) is 0 Å². The van der Waals surface area contributed by atoms with E-state index in [1.54, 1.807) is 25.3 Å². The summed E-state index contributed by atoms with van der Waals surface area (Å²) in [4.78, 5) is 16.9. The molecule has 6 heteroatoms. The molecule has 0 aliphatic carbocycles. The molecule has 1 heterocycles. The van der Waals surface area contributed by atoms with Crippen molar-refractivity contribution in [2.24, 2.45) is 0 Å². The van der Waals surface area contributed by atoms with Crippen molar-refractivity contribution in [2.45, 2.75) is 32.7 Å². The van der Waals surface area contributed by atoms with Crippen LogP contribution in [0.25, 0.3) is 0 Å². The fourth-order valence-corrected chi connectivity index (χ4v) is 3.62. The minimum Gasteiger partial charge on any atom is -0.495 e. The van der Waals surface area contributed by atoms with E-state index in [1.807, 2.05) is 4.90 Å². The third kappa shape index (κ3) is 5.64. The number of urea groups is 1. The third-order valence-electron chi connectivity index (χ3n) is 5.29. The summed E-state index contributed by atoms with van der Waals surface area (Å²) < 4.78 is 5.30. The number of hydrogen-bond donors (Lipinski definition) is 1. The van der Waals surface area contributed by atoms with Gasteiger partial charge in [0.15, 0.2) is 0 Å². The number of ether oxygens (including phenoxy) is 1. The summed E-state index contributed by atoms with van der Waals surface area (Å²) in [7, 11) is 1.58. The molecule has 156 valence electrons. The van der Waals surface area contributed by atoms with Gasteiger partial charge in [0.1, 0.15) is 5.75 Å². The highest BCUT2D eigenvalue weighted by molar-refractivity contribution is 6.31. The maximum atomic E-state index is 12.6. The highest BCUT2D eigenvalue weighted by atomic mass is 35.5. The van der Waals surface area contributed by atoms with Crippen LogP contribution in [0, 0.1) is 0 Å². The molecule has 2 amide bonds. The Morgan fingerprint density at radius 3 is 2.31 bits per heavy atom.